The Bertz CT molecular complexity index is 1290. The van der Waals surface area contributed by atoms with Crippen molar-refractivity contribution in [2.45, 2.75) is 18.0 Å². The molecule has 1 fully saturated rings. The number of rotatable bonds is 3. The van der Waals surface area contributed by atoms with Crippen LogP contribution in [0.3, 0.4) is 0 Å². The first-order chi connectivity index (χ1) is 15.6. The lowest BCUT2D eigenvalue weighted by Crippen LogP contribution is -2.44. The minimum absolute atomic E-state index is 0.161. The molecule has 2 aromatic carbocycles. The van der Waals surface area contributed by atoms with Crippen molar-refractivity contribution in [3.8, 4) is 12.1 Å². The van der Waals surface area contributed by atoms with Gasteiger partial charge < -0.3 is 4.90 Å². The fraction of sp³-hybridized carbons (Fsp3) is 0.154. The molecule has 32 heavy (non-hydrogen) atoms. The second kappa shape index (κ2) is 7.64. The SMILES string of the molecule is N#CC1(C#N)C(c2ccncc2)C(C(=O)c2ccc(Cl)cc2)N2c3ccccc3C=CC21. The molecule has 0 spiro atoms. The molecule has 0 N–H and O–H groups in total. The molecular formula is C26H17ClN4O. The molecule has 5 rings (SSSR count). The molecule has 0 radical (unpaired) electrons. The van der Waals surface area contributed by atoms with E-state index in [1.165, 1.54) is 0 Å². The van der Waals surface area contributed by atoms with Gasteiger partial charge in [-0.15, -0.1) is 0 Å². The summed E-state index contributed by atoms with van der Waals surface area (Å²) in [6.07, 6.45) is 7.05. The summed E-state index contributed by atoms with van der Waals surface area (Å²) in [7, 11) is 0. The number of carbonyl (C=O) groups is 1. The summed E-state index contributed by atoms with van der Waals surface area (Å²) in [4.78, 5) is 20.0. The van der Waals surface area contributed by atoms with E-state index in [0.717, 1.165) is 16.8 Å². The maximum atomic E-state index is 14.0. The molecule has 0 amide bonds. The van der Waals surface area contributed by atoms with Gasteiger partial charge in [0.1, 0.15) is 6.04 Å². The van der Waals surface area contributed by atoms with Crippen molar-refractivity contribution in [3.63, 3.8) is 0 Å². The van der Waals surface area contributed by atoms with Crippen molar-refractivity contribution in [1.29, 1.82) is 10.5 Å². The van der Waals surface area contributed by atoms with Gasteiger partial charge in [0, 0.05) is 34.6 Å². The third-order valence-corrected chi connectivity index (χ3v) is 6.63. The van der Waals surface area contributed by atoms with Crippen LogP contribution in [0.4, 0.5) is 5.69 Å². The molecule has 6 heteroatoms. The standard InChI is InChI=1S/C26H17ClN4O/c27-20-8-5-19(6-9-20)25(32)24-23(18-11-13-30-14-12-18)26(15-28,16-29)22-10-7-17-3-1-2-4-21(17)31(22)24/h1-14,22-24H. The summed E-state index contributed by atoms with van der Waals surface area (Å²) in [5, 5.41) is 21.3. The molecule has 154 valence electrons. The van der Waals surface area contributed by atoms with Crippen LogP contribution in [0.25, 0.3) is 6.08 Å². The number of aromatic nitrogens is 1. The smallest absolute Gasteiger partial charge is 0.185 e. The van der Waals surface area contributed by atoms with Crippen LogP contribution in [-0.4, -0.2) is 22.9 Å². The normalized spacial score (nSPS) is 22.3. The van der Waals surface area contributed by atoms with Gasteiger partial charge in [0.25, 0.3) is 0 Å². The molecule has 0 aliphatic carbocycles. The summed E-state index contributed by atoms with van der Waals surface area (Å²) in [5.74, 6) is -0.838. The topological polar surface area (TPSA) is 80.8 Å². The van der Waals surface area contributed by atoms with Crippen LogP contribution < -0.4 is 4.90 Å². The second-order valence-corrected chi connectivity index (χ2v) is 8.37. The molecule has 3 unspecified atom stereocenters. The van der Waals surface area contributed by atoms with E-state index in [-0.39, 0.29) is 5.78 Å². The molecule has 0 saturated carbocycles. The highest BCUT2D eigenvalue weighted by molar-refractivity contribution is 6.30. The van der Waals surface area contributed by atoms with Crippen molar-refractivity contribution in [2.75, 3.05) is 4.90 Å². The fourth-order valence-electron chi connectivity index (χ4n) is 4.96. The highest BCUT2D eigenvalue weighted by atomic mass is 35.5. The maximum absolute atomic E-state index is 14.0. The Morgan fingerprint density at radius 3 is 2.38 bits per heavy atom. The number of benzene rings is 2. The van der Waals surface area contributed by atoms with Gasteiger partial charge in [-0.1, -0.05) is 42.0 Å². The first-order valence-corrected chi connectivity index (χ1v) is 10.6. The number of Topliss-reactive ketones (excluding diaryl/α,β-unsaturated/α-hetero) is 1. The van der Waals surface area contributed by atoms with Crippen molar-refractivity contribution in [2.24, 2.45) is 5.41 Å². The number of pyridine rings is 1. The summed E-state index contributed by atoms with van der Waals surface area (Å²) in [6, 6.07) is 21.3. The van der Waals surface area contributed by atoms with Crippen molar-refractivity contribution in [1.82, 2.24) is 4.98 Å². The molecule has 3 atom stereocenters. The molecular weight excluding hydrogens is 420 g/mol. The number of halogens is 1. The van der Waals surface area contributed by atoms with E-state index in [4.69, 9.17) is 11.6 Å². The number of nitriles is 2. The van der Waals surface area contributed by atoms with E-state index in [1.807, 2.05) is 41.3 Å². The molecule has 3 heterocycles. The van der Waals surface area contributed by atoms with Crippen LogP contribution in [0.1, 0.15) is 27.4 Å². The zero-order valence-electron chi connectivity index (χ0n) is 16.9. The summed E-state index contributed by atoms with van der Waals surface area (Å²) >= 11 is 6.04. The highest BCUT2D eigenvalue weighted by Crippen LogP contribution is 2.55. The third kappa shape index (κ3) is 2.83. The molecule has 3 aromatic rings. The zero-order chi connectivity index (χ0) is 22.3. The van der Waals surface area contributed by atoms with Crippen LogP contribution >= 0.6 is 11.6 Å². The maximum Gasteiger partial charge on any atom is 0.185 e. The Morgan fingerprint density at radius 2 is 1.69 bits per heavy atom. The summed E-state index contributed by atoms with van der Waals surface area (Å²) < 4.78 is 0. The van der Waals surface area contributed by atoms with Crippen molar-refractivity contribution in [3.05, 3.63) is 101 Å². The Labute approximate surface area is 190 Å². The van der Waals surface area contributed by atoms with E-state index >= 15 is 0 Å². The van der Waals surface area contributed by atoms with Crippen LogP contribution in [0, 0.1) is 28.1 Å². The Morgan fingerprint density at radius 1 is 1.00 bits per heavy atom. The third-order valence-electron chi connectivity index (χ3n) is 6.38. The van der Waals surface area contributed by atoms with Crippen LogP contribution in [-0.2, 0) is 0 Å². The van der Waals surface area contributed by atoms with Gasteiger partial charge in [-0.3, -0.25) is 9.78 Å². The first-order valence-electron chi connectivity index (χ1n) is 10.2. The molecule has 0 bridgehead atoms. The Kier molecular flexibility index (Phi) is 4.78. The van der Waals surface area contributed by atoms with E-state index in [2.05, 4.69) is 17.1 Å². The molecule has 2 aliphatic rings. The molecule has 5 nitrogen and oxygen atoms in total. The van der Waals surface area contributed by atoms with Gasteiger partial charge in [-0.2, -0.15) is 10.5 Å². The van der Waals surface area contributed by atoms with Crippen LogP contribution in [0.15, 0.2) is 79.1 Å². The lowest BCUT2D eigenvalue weighted by atomic mass is 9.69. The predicted octanol–water partition coefficient (Wildman–Crippen LogP) is 5.02. The first kappa shape index (κ1) is 20.0. The monoisotopic (exact) mass is 436 g/mol. The van der Waals surface area contributed by atoms with E-state index in [0.29, 0.717) is 10.6 Å². The number of carbonyl (C=O) groups excluding carboxylic acids is 1. The number of fused-ring (bicyclic) bond motifs is 3. The number of anilines is 1. The number of ketones is 1. The zero-order valence-corrected chi connectivity index (χ0v) is 17.6. The van der Waals surface area contributed by atoms with Crippen molar-refractivity contribution < 1.29 is 4.79 Å². The minimum Gasteiger partial charge on any atom is -0.351 e. The number of hydrogen-bond acceptors (Lipinski definition) is 5. The average molecular weight is 437 g/mol. The van der Waals surface area contributed by atoms with Crippen LogP contribution in [0.5, 0.6) is 0 Å². The van der Waals surface area contributed by atoms with Gasteiger partial charge in [0.05, 0.1) is 18.2 Å². The van der Waals surface area contributed by atoms with Gasteiger partial charge in [-0.25, -0.2) is 0 Å². The highest BCUT2D eigenvalue weighted by Gasteiger charge is 2.63. The molecule has 1 aromatic heterocycles. The van der Waals surface area contributed by atoms with E-state index < -0.39 is 23.4 Å². The lowest BCUT2D eigenvalue weighted by molar-refractivity contribution is 0.0951. The Balaban J connectivity index is 1.78. The average Bonchev–Trinajstić information content (AvgIpc) is 3.15. The predicted molar refractivity (Wildman–Crippen MR) is 122 cm³/mol. The number of hydrogen-bond donors (Lipinski definition) is 0. The lowest BCUT2D eigenvalue weighted by Gasteiger charge is -2.35. The van der Waals surface area contributed by atoms with Gasteiger partial charge in [0.15, 0.2) is 11.2 Å². The van der Waals surface area contributed by atoms with Crippen molar-refractivity contribution >= 4 is 29.1 Å². The summed E-state index contributed by atoms with van der Waals surface area (Å²) in [5.41, 5.74) is 1.53. The van der Waals surface area contributed by atoms with Gasteiger partial charge in [0.2, 0.25) is 0 Å². The van der Waals surface area contributed by atoms with Gasteiger partial charge >= 0.3 is 0 Å². The quantitative estimate of drug-likeness (QED) is 0.538. The Hall–Kier alpha value is -3.93. The number of para-hydroxylation sites is 1. The molecule has 2 aliphatic heterocycles. The fourth-order valence-corrected chi connectivity index (χ4v) is 5.09. The summed E-state index contributed by atoms with van der Waals surface area (Å²) in [6.45, 7) is 0. The van der Waals surface area contributed by atoms with Crippen LogP contribution in [0.2, 0.25) is 5.02 Å². The van der Waals surface area contributed by atoms with Gasteiger partial charge in [-0.05, 0) is 53.6 Å². The number of nitrogens with zero attached hydrogens (tertiary/aromatic N) is 4. The van der Waals surface area contributed by atoms with E-state index in [1.54, 1.807) is 48.8 Å². The second-order valence-electron chi connectivity index (χ2n) is 7.94. The van der Waals surface area contributed by atoms with E-state index in [9.17, 15) is 15.3 Å². The molecule has 1 saturated heterocycles. The minimum atomic E-state index is -1.46. The largest absolute Gasteiger partial charge is 0.351 e.